The molecular weight excluding hydrogens is 280 g/mol. The molecule has 1 saturated heterocycles. The number of hydrogen-bond donors (Lipinski definition) is 0. The van der Waals surface area contributed by atoms with Crippen molar-refractivity contribution in [3.05, 3.63) is 42.5 Å². The first-order chi connectivity index (χ1) is 10.7. The van der Waals surface area contributed by atoms with Gasteiger partial charge in [0.1, 0.15) is 12.4 Å². The summed E-state index contributed by atoms with van der Waals surface area (Å²) in [4.78, 5) is 6.46. The van der Waals surface area contributed by atoms with Crippen LogP contribution >= 0.6 is 0 Å². The van der Waals surface area contributed by atoms with E-state index in [1.807, 2.05) is 30.1 Å². The number of methoxy groups -OCH3 is 1. The molecule has 118 valence electrons. The molecule has 0 radical (unpaired) electrons. The van der Waals surface area contributed by atoms with Gasteiger partial charge in [-0.2, -0.15) is 5.10 Å². The Balaban J connectivity index is 1.61. The first-order valence-electron chi connectivity index (χ1n) is 7.53. The molecule has 3 rings (SSSR count). The van der Waals surface area contributed by atoms with E-state index >= 15 is 0 Å². The van der Waals surface area contributed by atoms with E-state index in [-0.39, 0.29) is 6.10 Å². The van der Waals surface area contributed by atoms with Crippen LogP contribution in [0.5, 0.6) is 5.75 Å². The van der Waals surface area contributed by atoms with Crippen molar-refractivity contribution in [2.45, 2.75) is 25.1 Å². The van der Waals surface area contributed by atoms with Crippen LogP contribution in [-0.4, -0.2) is 52.1 Å². The minimum Gasteiger partial charge on any atom is -0.490 e. The number of nitrogens with zero attached hydrogens (tertiary/aromatic N) is 4. The number of rotatable bonds is 6. The van der Waals surface area contributed by atoms with E-state index < -0.39 is 0 Å². The SMILES string of the molecule is CO[C@@H]1C[C@@H](COc2cccnc2)N(Cc2ccn(C)n2)C1. The van der Waals surface area contributed by atoms with Crippen molar-refractivity contribution in [2.24, 2.45) is 7.05 Å². The van der Waals surface area contributed by atoms with E-state index in [0.717, 1.165) is 31.0 Å². The fourth-order valence-corrected chi connectivity index (χ4v) is 2.86. The number of likely N-dealkylation sites (tertiary alicyclic amines) is 1. The van der Waals surface area contributed by atoms with Gasteiger partial charge < -0.3 is 9.47 Å². The summed E-state index contributed by atoms with van der Waals surface area (Å²) >= 11 is 0. The van der Waals surface area contributed by atoms with E-state index in [0.29, 0.717) is 12.6 Å². The second-order valence-corrected chi connectivity index (χ2v) is 5.66. The van der Waals surface area contributed by atoms with Gasteiger partial charge in [-0.15, -0.1) is 0 Å². The summed E-state index contributed by atoms with van der Waals surface area (Å²) in [6.07, 6.45) is 6.69. The summed E-state index contributed by atoms with van der Waals surface area (Å²) in [7, 11) is 3.71. The van der Waals surface area contributed by atoms with Crippen LogP contribution in [0.1, 0.15) is 12.1 Å². The highest BCUT2D eigenvalue weighted by Gasteiger charge is 2.32. The van der Waals surface area contributed by atoms with Crippen LogP contribution in [-0.2, 0) is 18.3 Å². The maximum absolute atomic E-state index is 5.87. The monoisotopic (exact) mass is 302 g/mol. The molecule has 6 nitrogen and oxygen atoms in total. The molecule has 0 aromatic carbocycles. The zero-order chi connectivity index (χ0) is 15.4. The molecule has 0 N–H and O–H groups in total. The molecule has 0 aliphatic carbocycles. The van der Waals surface area contributed by atoms with Crippen LogP contribution in [0.15, 0.2) is 36.8 Å². The summed E-state index contributed by atoms with van der Waals surface area (Å²) in [5.41, 5.74) is 1.07. The topological polar surface area (TPSA) is 52.4 Å². The smallest absolute Gasteiger partial charge is 0.137 e. The predicted molar refractivity (Wildman–Crippen MR) is 82.6 cm³/mol. The minimum atomic E-state index is 0.256. The molecule has 22 heavy (non-hydrogen) atoms. The van der Waals surface area contributed by atoms with Gasteiger partial charge in [0.15, 0.2) is 0 Å². The lowest BCUT2D eigenvalue weighted by Gasteiger charge is -2.23. The zero-order valence-electron chi connectivity index (χ0n) is 13.1. The fourth-order valence-electron chi connectivity index (χ4n) is 2.86. The summed E-state index contributed by atoms with van der Waals surface area (Å²) in [5.74, 6) is 0.807. The summed E-state index contributed by atoms with van der Waals surface area (Å²) < 4.78 is 13.2. The Bertz CT molecular complexity index is 587. The van der Waals surface area contributed by atoms with Gasteiger partial charge in [0.25, 0.3) is 0 Å². The lowest BCUT2D eigenvalue weighted by Crippen LogP contribution is -2.34. The molecular formula is C16H22N4O2. The second kappa shape index (κ2) is 6.89. The van der Waals surface area contributed by atoms with E-state index in [1.54, 1.807) is 19.5 Å². The Hall–Kier alpha value is -1.92. The van der Waals surface area contributed by atoms with Crippen molar-refractivity contribution in [1.29, 1.82) is 0 Å². The predicted octanol–water partition coefficient (Wildman–Crippen LogP) is 1.48. The Labute approximate surface area is 130 Å². The number of hydrogen-bond acceptors (Lipinski definition) is 5. The molecule has 3 heterocycles. The number of aryl methyl sites for hydroxylation is 1. The maximum Gasteiger partial charge on any atom is 0.137 e. The first kappa shape index (κ1) is 15.0. The van der Waals surface area contributed by atoms with Gasteiger partial charge >= 0.3 is 0 Å². The fraction of sp³-hybridized carbons (Fsp3) is 0.500. The third-order valence-corrected chi connectivity index (χ3v) is 4.03. The van der Waals surface area contributed by atoms with E-state index in [2.05, 4.69) is 21.0 Å². The second-order valence-electron chi connectivity index (χ2n) is 5.66. The molecule has 1 aliphatic rings. The summed E-state index contributed by atoms with van der Waals surface area (Å²) in [6, 6.07) is 6.19. The van der Waals surface area contributed by atoms with Crippen molar-refractivity contribution in [3.8, 4) is 5.75 Å². The van der Waals surface area contributed by atoms with Crippen LogP contribution < -0.4 is 4.74 Å². The number of ether oxygens (including phenoxy) is 2. The highest BCUT2D eigenvalue weighted by Crippen LogP contribution is 2.23. The van der Waals surface area contributed by atoms with Crippen LogP contribution in [0.4, 0.5) is 0 Å². The first-order valence-corrected chi connectivity index (χ1v) is 7.53. The lowest BCUT2D eigenvalue weighted by atomic mass is 10.2. The molecule has 0 bridgehead atoms. The maximum atomic E-state index is 5.87. The van der Waals surface area contributed by atoms with Gasteiger partial charge in [-0.25, -0.2) is 0 Å². The van der Waals surface area contributed by atoms with Gasteiger partial charge in [0.2, 0.25) is 0 Å². The molecule has 2 aromatic rings. The van der Waals surface area contributed by atoms with Crippen LogP contribution in [0.2, 0.25) is 0 Å². The number of pyridine rings is 1. The molecule has 6 heteroatoms. The molecule has 0 saturated carbocycles. The van der Waals surface area contributed by atoms with Crippen molar-refractivity contribution < 1.29 is 9.47 Å². The Kier molecular flexibility index (Phi) is 4.70. The third-order valence-electron chi connectivity index (χ3n) is 4.03. The van der Waals surface area contributed by atoms with Crippen molar-refractivity contribution >= 4 is 0 Å². The average Bonchev–Trinajstić information content (AvgIpc) is 3.13. The Morgan fingerprint density at radius 2 is 2.27 bits per heavy atom. The van der Waals surface area contributed by atoms with Crippen molar-refractivity contribution in [3.63, 3.8) is 0 Å². The number of aromatic nitrogens is 3. The van der Waals surface area contributed by atoms with E-state index in [1.165, 1.54) is 0 Å². The van der Waals surface area contributed by atoms with Gasteiger partial charge in [-0.3, -0.25) is 14.6 Å². The third kappa shape index (κ3) is 3.64. The summed E-state index contributed by atoms with van der Waals surface area (Å²) in [6.45, 7) is 2.37. The standard InChI is InChI=1S/C16H22N4O2/c1-19-7-5-13(18-19)10-20-11-16(21-2)8-14(20)12-22-15-4-3-6-17-9-15/h3-7,9,14,16H,8,10-12H2,1-2H3/t14-,16+/m0/s1. The quantitative estimate of drug-likeness (QED) is 0.809. The van der Waals surface area contributed by atoms with Crippen molar-refractivity contribution in [2.75, 3.05) is 20.3 Å². The van der Waals surface area contributed by atoms with Gasteiger partial charge in [-0.05, 0) is 24.6 Å². The van der Waals surface area contributed by atoms with E-state index in [4.69, 9.17) is 9.47 Å². The zero-order valence-corrected chi connectivity index (χ0v) is 13.1. The summed E-state index contributed by atoms with van der Waals surface area (Å²) in [5, 5.41) is 4.46. The van der Waals surface area contributed by atoms with Crippen LogP contribution in [0.25, 0.3) is 0 Å². The highest BCUT2D eigenvalue weighted by molar-refractivity contribution is 5.15. The molecule has 1 aliphatic heterocycles. The van der Waals surface area contributed by atoms with Crippen LogP contribution in [0.3, 0.4) is 0 Å². The van der Waals surface area contributed by atoms with Crippen molar-refractivity contribution in [1.82, 2.24) is 19.7 Å². The molecule has 2 atom stereocenters. The molecule has 2 aromatic heterocycles. The lowest BCUT2D eigenvalue weighted by molar-refractivity contribution is 0.107. The Morgan fingerprint density at radius 3 is 2.95 bits per heavy atom. The normalized spacial score (nSPS) is 22.1. The van der Waals surface area contributed by atoms with Crippen LogP contribution in [0, 0.1) is 0 Å². The molecule has 0 spiro atoms. The van der Waals surface area contributed by atoms with Gasteiger partial charge in [0, 0.05) is 45.7 Å². The van der Waals surface area contributed by atoms with Gasteiger partial charge in [-0.1, -0.05) is 0 Å². The van der Waals surface area contributed by atoms with Gasteiger partial charge in [0.05, 0.1) is 18.0 Å². The molecule has 1 fully saturated rings. The van der Waals surface area contributed by atoms with E-state index in [9.17, 15) is 0 Å². The largest absolute Gasteiger partial charge is 0.490 e. The molecule has 0 amide bonds. The average molecular weight is 302 g/mol. The highest BCUT2D eigenvalue weighted by atomic mass is 16.5. The Morgan fingerprint density at radius 1 is 1.36 bits per heavy atom. The molecule has 0 unspecified atom stereocenters. The minimum absolute atomic E-state index is 0.256.